The van der Waals surface area contributed by atoms with Gasteiger partial charge in [0.15, 0.2) is 0 Å². The third kappa shape index (κ3) is 4.45. The Bertz CT molecular complexity index is 832. The number of benzene rings is 2. The standard InChI is InChI=1S/C21H26N3OS2/c1-21(2)19(23(20(26)27-21)14-16-8-6-5-7-9-16)24(25)15-17-10-12-18(13-11-17)22(3)4/h5-13,15,19,25H,14H2,1-4H3/q+1. The average Bonchev–Trinajstić information content (AvgIpc) is 2.84. The highest BCUT2D eigenvalue weighted by Crippen LogP contribution is 2.42. The molecule has 0 spiro atoms. The second-order valence-corrected chi connectivity index (χ2v) is 9.74. The molecule has 0 bridgehead atoms. The van der Waals surface area contributed by atoms with Gasteiger partial charge < -0.3 is 4.90 Å². The predicted molar refractivity (Wildman–Crippen MR) is 118 cm³/mol. The first-order valence-corrected chi connectivity index (χ1v) is 10.1. The van der Waals surface area contributed by atoms with Gasteiger partial charge in [0.1, 0.15) is 9.07 Å². The minimum atomic E-state index is -0.247. The van der Waals surface area contributed by atoms with Crippen LogP contribution in [0.3, 0.4) is 0 Å². The summed E-state index contributed by atoms with van der Waals surface area (Å²) in [6.07, 6.45) is 1.53. The van der Waals surface area contributed by atoms with E-state index in [9.17, 15) is 5.21 Å². The molecule has 1 aliphatic heterocycles. The fraction of sp³-hybridized carbons (Fsp3) is 0.333. The lowest BCUT2D eigenvalue weighted by Gasteiger charge is -2.25. The molecular weight excluding hydrogens is 374 g/mol. The first-order valence-electron chi connectivity index (χ1n) is 8.91. The summed E-state index contributed by atoms with van der Waals surface area (Å²) in [6.45, 7) is 4.91. The van der Waals surface area contributed by atoms with Crippen molar-refractivity contribution in [2.24, 2.45) is 0 Å². The maximum Gasteiger partial charge on any atom is 0.292 e. The molecule has 2 aromatic rings. The van der Waals surface area contributed by atoms with Gasteiger partial charge in [0.2, 0.25) is 6.21 Å². The summed E-state index contributed by atoms with van der Waals surface area (Å²) in [4.78, 5) is 4.15. The van der Waals surface area contributed by atoms with Crippen molar-refractivity contribution in [2.75, 3.05) is 19.0 Å². The summed E-state index contributed by atoms with van der Waals surface area (Å²) in [6, 6.07) is 18.3. The van der Waals surface area contributed by atoms with Crippen molar-refractivity contribution in [1.82, 2.24) is 4.90 Å². The molecule has 6 heteroatoms. The van der Waals surface area contributed by atoms with Gasteiger partial charge in [-0.25, -0.2) is 0 Å². The molecule has 4 nitrogen and oxygen atoms in total. The van der Waals surface area contributed by atoms with E-state index < -0.39 is 0 Å². The fourth-order valence-electron chi connectivity index (χ4n) is 3.29. The Kier molecular flexibility index (Phi) is 5.77. The lowest BCUT2D eigenvalue weighted by atomic mass is 10.1. The smallest absolute Gasteiger partial charge is 0.292 e. The highest BCUT2D eigenvalue weighted by atomic mass is 32.2. The van der Waals surface area contributed by atoms with E-state index in [0.717, 1.165) is 15.6 Å². The quantitative estimate of drug-likeness (QED) is 0.267. The van der Waals surface area contributed by atoms with E-state index in [4.69, 9.17) is 12.2 Å². The Balaban J connectivity index is 1.88. The van der Waals surface area contributed by atoms with Crippen molar-refractivity contribution in [3.63, 3.8) is 0 Å². The zero-order valence-corrected chi connectivity index (χ0v) is 17.8. The minimum Gasteiger partial charge on any atom is -0.378 e. The van der Waals surface area contributed by atoms with Gasteiger partial charge in [0.25, 0.3) is 6.17 Å². The molecule has 2 aromatic carbocycles. The lowest BCUT2D eigenvalue weighted by Crippen LogP contribution is -2.48. The van der Waals surface area contributed by atoms with Gasteiger partial charge in [-0.15, -0.1) is 0 Å². The third-order valence-electron chi connectivity index (χ3n) is 4.64. The first kappa shape index (κ1) is 19.7. The van der Waals surface area contributed by atoms with Crippen LogP contribution in [-0.4, -0.2) is 50.4 Å². The number of nitrogens with zero attached hydrogens (tertiary/aromatic N) is 3. The molecule has 0 amide bonds. The third-order valence-corrected chi connectivity index (χ3v) is 6.27. The Morgan fingerprint density at radius 1 is 1.15 bits per heavy atom. The predicted octanol–water partition coefficient (Wildman–Crippen LogP) is 4.21. The molecule has 1 atom stereocenters. The van der Waals surface area contributed by atoms with Crippen molar-refractivity contribution in [3.05, 3.63) is 65.7 Å². The minimum absolute atomic E-state index is 0.235. The molecule has 1 fully saturated rings. The van der Waals surface area contributed by atoms with E-state index in [0.29, 0.717) is 6.54 Å². The van der Waals surface area contributed by atoms with Crippen molar-refractivity contribution in [1.29, 1.82) is 0 Å². The van der Waals surface area contributed by atoms with E-state index in [1.165, 1.54) is 10.3 Å². The lowest BCUT2D eigenvalue weighted by molar-refractivity contribution is -0.808. The van der Waals surface area contributed by atoms with Gasteiger partial charge in [0, 0.05) is 25.3 Å². The van der Waals surface area contributed by atoms with Crippen molar-refractivity contribution >= 4 is 40.2 Å². The van der Waals surface area contributed by atoms with Gasteiger partial charge in [0.05, 0.1) is 6.54 Å². The summed E-state index contributed by atoms with van der Waals surface area (Å²) in [5.41, 5.74) is 3.24. The number of rotatable bonds is 5. The van der Waals surface area contributed by atoms with Gasteiger partial charge >= 0.3 is 0 Å². The second-order valence-electron chi connectivity index (χ2n) is 7.45. The van der Waals surface area contributed by atoms with Crippen LogP contribution in [0.5, 0.6) is 0 Å². The van der Waals surface area contributed by atoms with Crippen LogP contribution in [0.2, 0.25) is 0 Å². The average molecular weight is 401 g/mol. The second kappa shape index (κ2) is 7.90. The van der Waals surface area contributed by atoms with Crippen LogP contribution in [-0.2, 0) is 6.54 Å². The van der Waals surface area contributed by atoms with Gasteiger partial charge in [-0.05, 0) is 48.4 Å². The molecule has 1 heterocycles. The zero-order valence-electron chi connectivity index (χ0n) is 16.2. The summed E-state index contributed by atoms with van der Waals surface area (Å²) >= 11 is 7.26. The fourth-order valence-corrected chi connectivity index (χ4v) is 5.17. The maximum atomic E-state index is 10.9. The van der Waals surface area contributed by atoms with Gasteiger partial charge in [-0.2, -0.15) is 0 Å². The SMILES string of the molecule is CN(C)c1ccc(C=[N+](O)C2N(Cc3ccccc3)C(=S)SC2(C)C)cc1. The number of hydroxylamine groups is 1. The molecule has 3 rings (SSSR count). The van der Waals surface area contributed by atoms with E-state index in [-0.39, 0.29) is 10.9 Å². The number of hydrogen-bond acceptors (Lipinski definition) is 4. The van der Waals surface area contributed by atoms with Gasteiger partial charge in [-0.3, -0.25) is 10.1 Å². The van der Waals surface area contributed by atoms with Gasteiger partial charge in [-0.1, -0.05) is 54.3 Å². The molecule has 1 N–H and O–H groups in total. The number of anilines is 1. The van der Waals surface area contributed by atoms with Crippen LogP contribution in [0.25, 0.3) is 0 Å². The summed E-state index contributed by atoms with van der Waals surface area (Å²) in [5.74, 6) is 0. The summed E-state index contributed by atoms with van der Waals surface area (Å²) < 4.78 is 1.88. The van der Waals surface area contributed by atoms with E-state index >= 15 is 0 Å². The molecule has 1 saturated heterocycles. The van der Waals surface area contributed by atoms with Crippen LogP contribution >= 0.6 is 24.0 Å². The molecule has 0 saturated carbocycles. The molecule has 27 heavy (non-hydrogen) atoms. The number of thiocarbonyl (C=S) groups is 1. The Labute approximate surface area is 171 Å². The summed E-state index contributed by atoms with van der Waals surface area (Å²) in [7, 11) is 4.02. The topological polar surface area (TPSA) is 29.7 Å². The van der Waals surface area contributed by atoms with E-state index in [2.05, 4.69) is 35.8 Å². The van der Waals surface area contributed by atoms with Crippen molar-refractivity contribution in [2.45, 2.75) is 31.3 Å². The Hall–Kier alpha value is -2.05. The highest BCUT2D eigenvalue weighted by Gasteiger charge is 2.52. The van der Waals surface area contributed by atoms with Crippen molar-refractivity contribution < 1.29 is 9.95 Å². The maximum absolute atomic E-state index is 10.9. The van der Waals surface area contributed by atoms with E-state index in [1.807, 2.05) is 56.6 Å². The summed E-state index contributed by atoms with van der Waals surface area (Å²) in [5, 5.41) is 10.9. The normalized spacial score (nSPS) is 19.4. The molecule has 1 unspecified atom stereocenters. The monoisotopic (exact) mass is 400 g/mol. The number of thioether (sulfide) groups is 1. The molecule has 0 radical (unpaired) electrons. The van der Waals surface area contributed by atoms with Crippen molar-refractivity contribution in [3.8, 4) is 0 Å². The highest BCUT2D eigenvalue weighted by molar-refractivity contribution is 8.24. The van der Waals surface area contributed by atoms with Crippen LogP contribution in [0.4, 0.5) is 5.69 Å². The Morgan fingerprint density at radius 3 is 2.37 bits per heavy atom. The first-order chi connectivity index (χ1) is 12.8. The molecule has 0 aromatic heterocycles. The Morgan fingerprint density at radius 2 is 1.78 bits per heavy atom. The van der Waals surface area contributed by atoms with Crippen LogP contribution < -0.4 is 4.90 Å². The molecule has 1 aliphatic rings. The zero-order chi connectivity index (χ0) is 19.6. The van der Waals surface area contributed by atoms with E-state index in [1.54, 1.807) is 18.0 Å². The van der Waals surface area contributed by atoms with Crippen LogP contribution in [0.15, 0.2) is 54.6 Å². The molecular formula is C21H26N3OS2+. The molecule has 142 valence electrons. The van der Waals surface area contributed by atoms with Crippen LogP contribution in [0.1, 0.15) is 25.0 Å². The number of hydrogen-bond donors (Lipinski definition) is 1. The largest absolute Gasteiger partial charge is 0.378 e. The molecule has 0 aliphatic carbocycles. The van der Waals surface area contributed by atoms with Crippen LogP contribution in [0, 0.1) is 0 Å².